The van der Waals surface area contributed by atoms with Crippen LogP contribution >= 0.6 is 0 Å². The number of benzene rings is 2. The van der Waals surface area contributed by atoms with E-state index in [0.29, 0.717) is 0 Å². The Labute approximate surface area is 103 Å². The Morgan fingerprint density at radius 2 is 1.53 bits per heavy atom. The van der Waals surface area contributed by atoms with E-state index in [1.54, 1.807) is 12.1 Å². The van der Waals surface area contributed by atoms with Crippen LogP contribution in [0, 0.1) is 0 Å². The van der Waals surface area contributed by atoms with E-state index in [2.05, 4.69) is 0 Å². The van der Waals surface area contributed by atoms with Gasteiger partial charge in [-0.25, -0.2) is 0 Å². The third kappa shape index (κ3) is 2.68. The SMILES string of the molecule is O=S(=O)(O)c1ccc2ccccc2c1.[Ag]. The fourth-order valence-electron chi connectivity index (χ4n) is 1.33. The van der Waals surface area contributed by atoms with Crippen molar-refractivity contribution in [3.63, 3.8) is 0 Å². The number of hydrogen-bond acceptors (Lipinski definition) is 2. The van der Waals surface area contributed by atoms with Gasteiger partial charge in [0.1, 0.15) is 0 Å². The average Bonchev–Trinajstić information content (AvgIpc) is 2.16. The fourth-order valence-corrected chi connectivity index (χ4v) is 1.84. The molecule has 0 aliphatic rings. The van der Waals surface area contributed by atoms with Crippen molar-refractivity contribution in [2.75, 3.05) is 0 Å². The van der Waals surface area contributed by atoms with Crippen LogP contribution in [0.5, 0.6) is 0 Å². The van der Waals surface area contributed by atoms with Gasteiger partial charge in [-0.2, -0.15) is 8.42 Å². The van der Waals surface area contributed by atoms with Gasteiger partial charge in [-0.3, -0.25) is 4.55 Å². The summed E-state index contributed by atoms with van der Waals surface area (Å²) in [6, 6.07) is 11.9. The fraction of sp³-hybridized carbons (Fsp3) is 0. The molecule has 0 amide bonds. The van der Waals surface area contributed by atoms with Crippen LogP contribution in [0.1, 0.15) is 0 Å². The van der Waals surface area contributed by atoms with Gasteiger partial charge in [-0.15, -0.1) is 0 Å². The van der Waals surface area contributed by atoms with Crippen LogP contribution < -0.4 is 0 Å². The Kier molecular flexibility index (Phi) is 3.70. The minimum Gasteiger partial charge on any atom is -0.282 e. The molecule has 3 nitrogen and oxygen atoms in total. The van der Waals surface area contributed by atoms with Crippen molar-refractivity contribution in [3.05, 3.63) is 42.5 Å². The van der Waals surface area contributed by atoms with E-state index in [4.69, 9.17) is 4.55 Å². The van der Waals surface area contributed by atoms with Gasteiger partial charge in [0, 0.05) is 22.4 Å². The summed E-state index contributed by atoms with van der Waals surface area (Å²) in [5, 5.41) is 1.74. The van der Waals surface area contributed by atoms with Crippen LogP contribution in [0.25, 0.3) is 10.8 Å². The Bertz CT molecular complexity index is 578. The van der Waals surface area contributed by atoms with Gasteiger partial charge in [-0.1, -0.05) is 30.3 Å². The second-order valence-corrected chi connectivity index (χ2v) is 4.41. The van der Waals surface area contributed by atoms with Crippen LogP contribution in [0.3, 0.4) is 0 Å². The summed E-state index contributed by atoms with van der Waals surface area (Å²) in [6.07, 6.45) is 0. The molecule has 0 heterocycles. The Hall–Kier alpha value is -0.650. The molecule has 0 aromatic heterocycles. The molecule has 0 saturated heterocycles. The van der Waals surface area contributed by atoms with Gasteiger partial charge >= 0.3 is 0 Å². The van der Waals surface area contributed by atoms with E-state index in [1.807, 2.05) is 18.2 Å². The van der Waals surface area contributed by atoms with Crippen molar-refractivity contribution in [3.8, 4) is 0 Å². The summed E-state index contributed by atoms with van der Waals surface area (Å²) in [5.41, 5.74) is 0. The predicted octanol–water partition coefficient (Wildman–Crippen LogP) is 2.08. The molecule has 2 aromatic carbocycles. The van der Waals surface area contributed by atoms with Crippen molar-refractivity contribution in [1.82, 2.24) is 0 Å². The van der Waals surface area contributed by atoms with Crippen LogP contribution in [0.4, 0.5) is 0 Å². The minimum absolute atomic E-state index is 0. The second-order valence-electron chi connectivity index (χ2n) is 2.98. The maximum atomic E-state index is 10.8. The van der Waals surface area contributed by atoms with E-state index in [9.17, 15) is 8.42 Å². The molecule has 0 unspecified atom stereocenters. The quantitative estimate of drug-likeness (QED) is 0.647. The first kappa shape index (κ1) is 12.4. The molecule has 0 fully saturated rings. The first-order valence-corrected chi connectivity index (χ1v) is 5.48. The van der Waals surface area contributed by atoms with E-state index >= 15 is 0 Å². The van der Waals surface area contributed by atoms with Crippen molar-refractivity contribution >= 4 is 20.9 Å². The Morgan fingerprint density at radius 3 is 2.13 bits per heavy atom. The summed E-state index contributed by atoms with van der Waals surface area (Å²) >= 11 is 0. The minimum atomic E-state index is -4.09. The molecule has 15 heavy (non-hydrogen) atoms. The van der Waals surface area contributed by atoms with Gasteiger partial charge < -0.3 is 0 Å². The largest absolute Gasteiger partial charge is 0.294 e. The zero-order valence-corrected chi connectivity index (χ0v) is 9.81. The topological polar surface area (TPSA) is 54.4 Å². The first-order valence-electron chi connectivity index (χ1n) is 4.04. The third-order valence-corrected chi connectivity index (χ3v) is 2.87. The van der Waals surface area contributed by atoms with Gasteiger partial charge in [0.2, 0.25) is 0 Å². The summed E-state index contributed by atoms with van der Waals surface area (Å²) in [6.45, 7) is 0. The number of rotatable bonds is 1. The normalized spacial score (nSPS) is 11.0. The standard InChI is InChI=1S/C10H8O3S.Ag/c11-14(12,13)10-6-5-8-3-1-2-4-9(8)7-10;/h1-7H,(H,11,12,13);. The number of hydrogen-bond donors (Lipinski definition) is 1. The van der Waals surface area contributed by atoms with Crippen molar-refractivity contribution in [1.29, 1.82) is 0 Å². The number of fused-ring (bicyclic) bond motifs is 1. The summed E-state index contributed by atoms with van der Waals surface area (Å²) in [5.74, 6) is 0. The van der Waals surface area contributed by atoms with Crippen LogP contribution in [-0.2, 0) is 32.5 Å². The average molecular weight is 316 g/mol. The predicted molar refractivity (Wildman–Crippen MR) is 53.8 cm³/mol. The maximum absolute atomic E-state index is 10.8. The third-order valence-electron chi connectivity index (χ3n) is 2.02. The molecule has 1 radical (unpaired) electrons. The van der Waals surface area contributed by atoms with Crippen LogP contribution in [-0.4, -0.2) is 13.0 Å². The molecular formula is C10H8AgO3S. The molecule has 0 spiro atoms. The van der Waals surface area contributed by atoms with Crippen LogP contribution in [0.15, 0.2) is 47.4 Å². The monoisotopic (exact) mass is 315 g/mol. The Morgan fingerprint density at radius 1 is 0.933 bits per heavy atom. The van der Waals surface area contributed by atoms with Gasteiger partial charge in [0.25, 0.3) is 10.1 Å². The molecule has 0 aliphatic carbocycles. The van der Waals surface area contributed by atoms with Gasteiger partial charge in [0.15, 0.2) is 0 Å². The maximum Gasteiger partial charge on any atom is 0.294 e. The van der Waals surface area contributed by atoms with Crippen molar-refractivity contribution in [2.24, 2.45) is 0 Å². The molecule has 0 saturated carbocycles. The summed E-state index contributed by atoms with van der Waals surface area (Å²) in [4.78, 5) is -0.0730. The first-order chi connectivity index (χ1) is 6.57. The van der Waals surface area contributed by atoms with Crippen LogP contribution in [0.2, 0.25) is 0 Å². The molecule has 0 aliphatic heterocycles. The van der Waals surface area contributed by atoms with E-state index in [1.165, 1.54) is 12.1 Å². The molecule has 2 aromatic rings. The Balaban J connectivity index is 0.00000112. The van der Waals surface area contributed by atoms with E-state index in [0.717, 1.165) is 10.8 Å². The molecule has 5 heteroatoms. The van der Waals surface area contributed by atoms with Gasteiger partial charge in [-0.05, 0) is 22.9 Å². The molecule has 2 rings (SSSR count). The summed E-state index contributed by atoms with van der Waals surface area (Å²) < 4.78 is 30.5. The molecular weight excluding hydrogens is 308 g/mol. The molecule has 0 atom stereocenters. The zero-order valence-electron chi connectivity index (χ0n) is 7.51. The molecule has 1 N–H and O–H groups in total. The van der Waals surface area contributed by atoms with Crippen molar-refractivity contribution < 1.29 is 35.4 Å². The van der Waals surface area contributed by atoms with Gasteiger partial charge in [0.05, 0.1) is 4.90 Å². The molecule has 0 bridgehead atoms. The zero-order chi connectivity index (χ0) is 10.2. The smallest absolute Gasteiger partial charge is 0.282 e. The second kappa shape index (κ2) is 4.47. The van der Waals surface area contributed by atoms with E-state index < -0.39 is 10.1 Å². The molecule has 83 valence electrons. The van der Waals surface area contributed by atoms with Crippen molar-refractivity contribution in [2.45, 2.75) is 4.90 Å². The summed E-state index contributed by atoms with van der Waals surface area (Å²) in [7, 11) is -4.09. The van der Waals surface area contributed by atoms with E-state index in [-0.39, 0.29) is 27.3 Å².